The lowest BCUT2D eigenvalue weighted by atomic mass is 10.1. The molecule has 2 saturated heterocycles. The first-order chi connectivity index (χ1) is 8.82. The molecule has 0 bridgehead atoms. The van der Waals surface area contributed by atoms with Crippen molar-refractivity contribution in [2.75, 3.05) is 36.9 Å². The van der Waals surface area contributed by atoms with E-state index in [1.165, 1.54) is 0 Å². The van der Waals surface area contributed by atoms with Crippen molar-refractivity contribution in [3.63, 3.8) is 0 Å². The number of amides is 1. The minimum atomic E-state index is -3.07. The van der Waals surface area contributed by atoms with Crippen molar-refractivity contribution in [1.29, 1.82) is 0 Å². The van der Waals surface area contributed by atoms with E-state index in [1.54, 1.807) is 18.7 Å². The predicted molar refractivity (Wildman–Crippen MR) is 85.4 cm³/mol. The van der Waals surface area contributed by atoms with Gasteiger partial charge in [-0.1, -0.05) is 0 Å². The molecule has 20 heavy (non-hydrogen) atoms. The molecule has 1 unspecified atom stereocenters. The van der Waals surface area contributed by atoms with Gasteiger partial charge in [0.1, 0.15) is 0 Å². The summed E-state index contributed by atoms with van der Waals surface area (Å²) < 4.78 is 23.0. The summed E-state index contributed by atoms with van der Waals surface area (Å²) >= 11 is 1.86. The van der Waals surface area contributed by atoms with Gasteiger partial charge in [-0.25, -0.2) is 8.42 Å². The molecule has 0 spiro atoms. The fourth-order valence-corrected chi connectivity index (χ4v) is 4.76. The van der Waals surface area contributed by atoms with E-state index in [2.05, 4.69) is 5.32 Å². The number of carbonyl (C=O) groups is 1. The van der Waals surface area contributed by atoms with Crippen LogP contribution in [0.1, 0.15) is 20.3 Å². The maximum absolute atomic E-state index is 12.2. The van der Waals surface area contributed by atoms with E-state index in [-0.39, 0.29) is 30.1 Å². The number of nitrogens with one attached hydrogen (secondary N) is 1. The van der Waals surface area contributed by atoms with E-state index in [4.69, 9.17) is 0 Å². The third-order valence-electron chi connectivity index (χ3n) is 3.82. The van der Waals surface area contributed by atoms with Gasteiger partial charge in [0.15, 0.2) is 9.84 Å². The summed E-state index contributed by atoms with van der Waals surface area (Å²) in [6.45, 7) is 5.01. The number of rotatable bonds is 2. The Morgan fingerprint density at radius 1 is 1.45 bits per heavy atom. The SMILES string of the molecule is CC1(C)CN(C(=O)CC2CSCCN2)CCS1(=O)=O.Cl. The van der Waals surface area contributed by atoms with Crippen LogP contribution in [0.25, 0.3) is 0 Å². The van der Waals surface area contributed by atoms with Gasteiger partial charge in [-0.15, -0.1) is 12.4 Å². The second kappa shape index (κ2) is 6.85. The molecule has 2 rings (SSSR count). The molecule has 0 aromatic carbocycles. The van der Waals surface area contributed by atoms with E-state index in [9.17, 15) is 13.2 Å². The maximum Gasteiger partial charge on any atom is 0.224 e. The molecule has 2 fully saturated rings. The van der Waals surface area contributed by atoms with Crippen molar-refractivity contribution in [2.24, 2.45) is 0 Å². The van der Waals surface area contributed by atoms with Gasteiger partial charge in [0.2, 0.25) is 5.91 Å². The largest absolute Gasteiger partial charge is 0.340 e. The van der Waals surface area contributed by atoms with E-state index < -0.39 is 14.6 Å². The van der Waals surface area contributed by atoms with Crippen LogP contribution in [0.15, 0.2) is 0 Å². The average Bonchev–Trinajstić information content (AvgIpc) is 2.34. The van der Waals surface area contributed by atoms with E-state index >= 15 is 0 Å². The van der Waals surface area contributed by atoms with Crippen LogP contribution in [0.4, 0.5) is 0 Å². The highest BCUT2D eigenvalue weighted by Gasteiger charge is 2.41. The van der Waals surface area contributed by atoms with Gasteiger partial charge in [0.25, 0.3) is 0 Å². The molecular weight excluding hydrogens is 320 g/mol. The third-order valence-corrected chi connectivity index (χ3v) is 7.48. The average molecular weight is 343 g/mol. The van der Waals surface area contributed by atoms with Crippen LogP contribution >= 0.6 is 24.2 Å². The molecular formula is C12H23ClN2O3S2. The molecule has 0 saturated carbocycles. The van der Waals surface area contributed by atoms with Crippen LogP contribution in [0.2, 0.25) is 0 Å². The van der Waals surface area contributed by atoms with Gasteiger partial charge in [0, 0.05) is 43.6 Å². The normalized spacial score (nSPS) is 28.5. The number of thioether (sulfide) groups is 1. The van der Waals surface area contributed by atoms with Crippen LogP contribution in [-0.2, 0) is 14.6 Å². The van der Waals surface area contributed by atoms with Gasteiger partial charge >= 0.3 is 0 Å². The molecule has 2 aliphatic heterocycles. The Kier molecular flexibility index (Phi) is 6.19. The summed E-state index contributed by atoms with van der Waals surface area (Å²) in [6, 6.07) is 0.230. The van der Waals surface area contributed by atoms with Crippen molar-refractivity contribution in [3.05, 3.63) is 0 Å². The number of halogens is 1. The second-order valence-electron chi connectivity index (χ2n) is 5.82. The standard InChI is InChI=1S/C12H22N2O3S2.ClH/c1-12(2)9-14(4-6-19(12,16)17)11(15)7-10-8-18-5-3-13-10;/h10,13H,3-9H2,1-2H3;1H. The van der Waals surface area contributed by atoms with Crippen molar-refractivity contribution in [2.45, 2.75) is 31.1 Å². The van der Waals surface area contributed by atoms with E-state index in [0.717, 1.165) is 18.1 Å². The molecule has 2 aliphatic rings. The number of hydrogen-bond acceptors (Lipinski definition) is 5. The summed E-state index contributed by atoms with van der Waals surface area (Å²) in [5.74, 6) is 2.21. The zero-order valence-corrected chi connectivity index (χ0v) is 14.4. The number of hydrogen-bond donors (Lipinski definition) is 1. The highest BCUT2D eigenvalue weighted by atomic mass is 35.5. The molecule has 0 radical (unpaired) electrons. The fourth-order valence-electron chi connectivity index (χ4n) is 2.45. The Labute approximate surface area is 131 Å². The first kappa shape index (κ1) is 18.1. The molecule has 5 nitrogen and oxygen atoms in total. The number of sulfone groups is 1. The van der Waals surface area contributed by atoms with Gasteiger partial charge in [-0.3, -0.25) is 4.79 Å². The van der Waals surface area contributed by atoms with Crippen LogP contribution in [0.5, 0.6) is 0 Å². The number of nitrogens with zero attached hydrogens (tertiary/aromatic N) is 1. The summed E-state index contributed by atoms with van der Waals surface area (Å²) in [6.07, 6.45) is 0.475. The summed E-state index contributed by atoms with van der Waals surface area (Å²) in [5.41, 5.74) is 0. The maximum atomic E-state index is 12.2. The van der Waals surface area contributed by atoms with Crippen LogP contribution in [0, 0.1) is 0 Å². The van der Waals surface area contributed by atoms with Gasteiger partial charge in [-0.2, -0.15) is 11.8 Å². The van der Waals surface area contributed by atoms with Crippen LogP contribution < -0.4 is 5.32 Å². The lowest BCUT2D eigenvalue weighted by molar-refractivity contribution is -0.132. The van der Waals surface area contributed by atoms with E-state index in [1.807, 2.05) is 11.8 Å². The summed E-state index contributed by atoms with van der Waals surface area (Å²) in [4.78, 5) is 14.0. The van der Waals surface area contributed by atoms with Crippen molar-refractivity contribution in [3.8, 4) is 0 Å². The van der Waals surface area contributed by atoms with Crippen LogP contribution in [-0.4, -0.2) is 66.9 Å². The molecule has 0 aromatic rings. The molecule has 0 aromatic heterocycles. The number of carbonyl (C=O) groups excluding carboxylic acids is 1. The fraction of sp³-hybridized carbons (Fsp3) is 0.917. The van der Waals surface area contributed by atoms with Crippen LogP contribution in [0.3, 0.4) is 0 Å². The quantitative estimate of drug-likeness (QED) is 0.793. The molecule has 0 aliphatic carbocycles. The first-order valence-corrected chi connectivity index (χ1v) is 9.44. The Bertz CT molecular complexity index is 448. The lowest BCUT2D eigenvalue weighted by Gasteiger charge is -2.38. The van der Waals surface area contributed by atoms with Crippen molar-refractivity contribution >= 4 is 39.9 Å². The summed E-state index contributed by atoms with van der Waals surface area (Å²) in [7, 11) is -3.07. The highest BCUT2D eigenvalue weighted by Crippen LogP contribution is 2.24. The minimum absolute atomic E-state index is 0. The monoisotopic (exact) mass is 342 g/mol. The summed E-state index contributed by atoms with van der Waals surface area (Å²) in [5, 5.41) is 3.34. The molecule has 118 valence electrons. The minimum Gasteiger partial charge on any atom is -0.340 e. The lowest BCUT2D eigenvalue weighted by Crippen LogP contribution is -2.55. The molecule has 1 N–H and O–H groups in total. The van der Waals surface area contributed by atoms with E-state index in [0.29, 0.717) is 19.5 Å². The highest BCUT2D eigenvalue weighted by molar-refractivity contribution is 7.99. The van der Waals surface area contributed by atoms with Gasteiger partial charge in [0.05, 0.1) is 10.5 Å². The Hall–Kier alpha value is 0.0200. The Morgan fingerprint density at radius 2 is 2.15 bits per heavy atom. The zero-order chi connectivity index (χ0) is 14.1. The topological polar surface area (TPSA) is 66.5 Å². The van der Waals surface area contributed by atoms with Crippen molar-refractivity contribution in [1.82, 2.24) is 10.2 Å². The third kappa shape index (κ3) is 4.02. The Balaban J connectivity index is 0.00000200. The molecule has 2 heterocycles. The first-order valence-electron chi connectivity index (χ1n) is 6.63. The van der Waals surface area contributed by atoms with Crippen molar-refractivity contribution < 1.29 is 13.2 Å². The molecule has 1 amide bonds. The molecule has 8 heteroatoms. The van der Waals surface area contributed by atoms with Gasteiger partial charge in [-0.05, 0) is 13.8 Å². The molecule has 1 atom stereocenters. The van der Waals surface area contributed by atoms with Gasteiger partial charge < -0.3 is 10.2 Å². The second-order valence-corrected chi connectivity index (χ2v) is 9.72. The Morgan fingerprint density at radius 3 is 2.70 bits per heavy atom. The predicted octanol–water partition coefficient (Wildman–Crippen LogP) is 0.539. The zero-order valence-electron chi connectivity index (χ0n) is 11.9. The smallest absolute Gasteiger partial charge is 0.224 e.